The average Bonchev–Trinajstić information content (AvgIpc) is 2.54. The zero-order chi connectivity index (χ0) is 14.9. The van der Waals surface area contributed by atoms with Crippen molar-refractivity contribution in [3.63, 3.8) is 0 Å². The van der Waals surface area contributed by atoms with Gasteiger partial charge in [-0.2, -0.15) is 0 Å². The molecule has 5 nitrogen and oxygen atoms in total. The Labute approximate surface area is 123 Å². The van der Waals surface area contributed by atoms with E-state index in [1.807, 2.05) is 0 Å². The molecule has 3 rings (SSSR count). The standard InChI is InChI=1S/C16H20O5/c1-19-11-5-6-12-14(21-10-9-20-12)13(11)16(15(17)18)7-3-2-4-8-16/h5-6H,2-4,7-10H2,1H3,(H,17,18). The van der Waals surface area contributed by atoms with Crippen molar-refractivity contribution in [2.45, 2.75) is 37.5 Å². The first-order valence-corrected chi connectivity index (χ1v) is 7.39. The second-order valence-corrected chi connectivity index (χ2v) is 5.61. The van der Waals surface area contributed by atoms with Crippen molar-refractivity contribution in [1.29, 1.82) is 0 Å². The predicted octanol–water partition coefficient (Wildman–Crippen LogP) is 2.75. The van der Waals surface area contributed by atoms with Gasteiger partial charge in [0.25, 0.3) is 0 Å². The van der Waals surface area contributed by atoms with Gasteiger partial charge in [0.2, 0.25) is 0 Å². The van der Waals surface area contributed by atoms with Crippen LogP contribution in [0.1, 0.15) is 37.7 Å². The summed E-state index contributed by atoms with van der Waals surface area (Å²) in [5.74, 6) is 0.930. The van der Waals surface area contributed by atoms with Gasteiger partial charge in [-0.15, -0.1) is 0 Å². The molecular weight excluding hydrogens is 272 g/mol. The lowest BCUT2D eigenvalue weighted by Crippen LogP contribution is -2.39. The summed E-state index contributed by atoms with van der Waals surface area (Å²) >= 11 is 0. The van der Waals surface area contributed by atoms with E-state index in [0.29, 0.717) is 48.9 Å². The van der Waals surface area contributed by atoms with E-state index < -0.39 is 11.4 Å². The maximum atomic E-state index is 12.1. The van der Waals surface area contributed by atoms with Gasteiger partial charge in [0.1, 0.15) is 24.4 Å². The van der Waals surface area contributed by atoms with E-state index in [-0.39, 0.29) is 0 Å². The van der Waals surface area contributed by atoms with Crippen molar-refractivity contribution in [1.82, 2.24) is 0 Å². The molecule has 1 aliphatic heterocycles. The van der Waals surface area contributed by atoms with Crippen LogP contribution in [-0.4, -0.2) is 31.4 Å². The van der Waals surface area contributed by atoms with E-state index in [2.05, 4.69) is 0 Å². The Hall–Kier alpha value is -1.91. The molecule has 1 aromatic carbocycles. The van der Waals surface area contributed by atoms with Gasteiger partial charge >= 0.3 is 5.97 Å². The van der Waals surface area contributed by atoms with E-state index in [4.69, 9.17) is 14.2 Å². The Morgan fingerprint density at radius 3 is 2.57 bits per heavy atom. The van der Waals surface area contributed by atoms with Gasteiger partial charge in [-0.1, -0.05) is 19.3 Å². The van der Waals surface area contributed by atoms with E-state index in [0.717, 1.165) is 19.3 Å². The molecule has 0 unspecified atom stereocenters. The summed E-state index contributed by atoms with van der Waals surface area (Å²) in [6, 6.07) is 3.57. The smallest absolute Gasteiger partial charge is 0.314 e. The molecule has 0 amide bonds. The van der Waals surface area contributed by atoms with E-state index in [9.17, 15) is 9.90 Å². The summed E-state index contributed by atoms with van der Waals surface area (Å²) in [5, 5.41) is 9.91. The Morgan fingerprint density at radius 2 is 1.90 bits per heavy atom. The third-order valence-electron chi connectivity index (χ3n) is 4.49. The molecule has 0 bridgehead atoms. The summed E-state index contributed by atoms with van der Waals surface area (Å²) < 4.78 is 16.8. The van der Waals surface area contributed by atoms with Crippen LogP contribution in [0.5, 0.6) is 17.2 Å². The van der Waals surface area contributed by atoms with Crippen LogP contribution in [0.2, 0.25) is 0 Å². The molecular formula is C16H20O5. The molecule has 0 spiro atoms. The van der Waals surface area contributed by atoms with E-state index in [1.54, 1.807) is 19.2 Å². The molecule has 2 aliphatic rings. The number of benzene rings is 1. The fourth-order valence-electron chi connectivity index (χ4n) is 3.45. The first-order chi connectivity index (χ1) is 10.2. The molecule has 1 aliphatic carbocycles. The third-order valence-corrected chi connectivity index (χ3v) is 4.49. The second-order valence-electron chi connectivity index (χ2n) is 5.61. The molecule has 21 heavy (non-hydrogen) atoms. The van der Waals surface area contributed by atoms with Crippen LogP contribution in [0.15, 0.2) is 12.1 Å². The van der Waals surface area contributed by atoms with Crippen LogP contribution in [0, 0.1) is 0 Å². The zero-order valence-electron chi connectivity index (χ0n) is 12.2. The maximum absolute atomic E-state index is 12.1. The van der Waals surface area contributed by atoms with Crippen LogP contribution in [-0.2, 0) is 10.2 Å². The molecule has 114 valence electrons. The average molecular weight is 292 g/mol. The van der Waals surface area contributed by atoms with Gasteiger partial charge < -0.3 is 19.3 Å². The number of hydrogen-bond donors (Lipinski definition) is 1. The summed E-state index contributed by atoms with van der Waals surface area (Å²) in [7, 11) is 1.56. The highest BCUT2D eigenvalue weighted by Crippen LogP contribution is 2.51. The summed E-state index contributed by atoms with van der Waals surface area (Å²) in [4.78, 5) is 12.1. The lowest BCUT2D eigenvalue weighted by molar-refractivity contribution is -0.145. The third kappa shape index (κ3) is 2.20. The Kier molecular flexibility index (Phi) is 3.66. The fraction of sp³-hybridized carbons (Fsp3) is 0.562. The van der Waals surface area contributed by atoms with Crippen LogP contribution < -0.4 is 14.2 Å². The lowest BCUT2D eigenvalue weighted by atomic mass is 9.68. The fourth-order valence-corrected chi connectivity index (χ4v) is 3.45. The molecule has 1 N–H and O–H groups in total. The lowest BCUT2D eigenvalue weighted by Gasteiger charge is -2.36. The summed E-state index contributed by atoms with van der Waals surface area (Å²) in [5.41, 5.74) is -0.287. The molecule has 0 saturated heterocycles. The number of aliphatic carboxylic acids is 1. The Balaban J connectivity index is 2.20. The normalized spacial score (nSPS) is 19.9. The number of carboxylic acids is 1. The predicted molar refractivity (Wildman–Crippen MR) is 76.4 cm³/mol. The molecule has 1 heterocycles. The number of carboxylic acid groups (broad SMARTS) is 1. The maximum Gasteiger partial charge on any atom is 0.314 e. The van der Waals surface area contributed by atoms with Gasteiger partial charge in [-0.05, 0) is 25.0 Å². The Bertz CT molecular complexity index is 546. The Morgan fingerprint density at radius 1 is 1.19 bits per heavy atom. The minimum Gasteiger partial charge on any atom is -0.496 e. The highest BCUT2D eigenvalue weighted by molar-refractivity contribution is 5.85. The van der Waals surface area contributed by atoms with Crippen molar-refractivity contribution in [3.8, 4) is 17.2 Å². The molecule has 0 aromatic heterocycles. The SMILES string of the molecule is COc1ccc2c(c1C1(C(=O)O)CCCCC1)OCCO2. The first-order valence-electron chi connectivity index (χ1n) is 7.39. The van der Waals surface area contributed by atoms with Gasteiger partial charge in [-0.25, -0.2) is 0 Å². The quantitative estimate of drug-likeness (QED) is 0.928. The van der Waals surface area contributed by atoms with Gasteiger partial charge in [-0.3, -0.25) is 4.79 Å². The molecule has 1 aromatic rings. The largest absolute Gasteiger partial charge is 0.496 e. The highest BCUT2D eigenvalue weighted by Gasteiger charge is 2.46. The minimum atomic E-state index is -0.935. The zero-order valence-corrected chi connectivity index (χ0v) is 12.2. The monoisotopic (exact) mass is 292 g/mol. The van der Waals surface area contributed by atoms with Crippen molar-refractivity contribution < 1.29 is 24.1 Å². The van der Waals surface area contributed by atoms with Crippen LogP contribution >= 0.6 is 0 Å². The molecule has 1 fully saturated rings. The van der Waals surface area contributed by atoms with Crippen molar-refractivity contribution in [2.75, 3.05) is 20.3 Å². The summed E-state index contributed by atoms with van der Waals surface area (Å²) in [6.45, 7) is 0.918. The second kappa shape index (κ2) is 5.47. The summed E-state index contributed by atoms with van der Waals surface area (Å²) in [6.07, 6.45) is 4.10. The van der Waals surface area contributed by atoms with Gasteiger partial charge in [0, 0.05) is 0 Å². The van der Waals surface area contributed by atoms with Crippen molar-refractivity contribution in [2.24, 2.45) is 0 Å². The van der Waals surface area contributed by atoms with Crippen LogP contribution in [0.4, 0.5) is 0 Å². The van der Waals surface area contributed by atoms with Crippen LogP contribution in [0.25, 0.3) is 0 Å². The molecule has 1 saturated carbocycles. The van der Waals surface area contributed by atoms with E-state index in [1.165, 1.54) is 0 Å². The van der Waals surface area contributed by atoms with Crippen molar-refractivity contribution in [3.05, 3.63) is 17.7 Å². The van der Waals surface area contributed by atoms with Crippen molar-refractivity contribution >= 4 is 5.97 Å². The molecule has 5 heteroatoms. The van der Waals surface area contributed by atoms with Gasteiger partial charge in [0.15, 0.2) is 11.5 Å². The number of carbonyl (C=O) groups is 1. The topological polar surface area (TPSA) is 65.0 Å². The number of hydrogen-bond acceptors (Lipinski definition) is 4. The van der Waals surface area contributed by atoms with Crippen LogP contribution in [0.3, 0.4) is 0 Å². The number of ether oxygens (including phenoxy) is 3. The van der Waals surface area contributed by atoms with Gasteiger partial charge in [0.05, 0.1) is 12.7 Å². The highest BCUT2D eigenvalue weighted by atomic mass is 16.6. The number of fused-ring (bicyclic) bond motifs is 1. The number of rotatable bonds is 3. The first kappa shape index (κ1) is 14.0. The minimum absolute atomic E-state index is 0.433. The molecule has 0 radical (unpaired) electrons. The number of methoxy groups -OCH3 is 1. The van der Waals surface area contributed by atoms with E-state index >= 15 is 0 Å². The molecule has 0 atom stereocenters.